The molecule has 3 fully saturated rings. The summed E-state index contributed by atoms with van der Waals surface area (Å²) in [5.74, 6) is 0.448. The summed E-state index contributed by atoms with van der Waals surface area (Å²) < 4.78 is 62.1. The molecule has 168 valence electrons. The van der Waals surface area contributed by atoms with Gasteiger partial charge in [0.15, 0.2) is 0 Å². The molecular formula is C19H20F3N3O3S3. The van der Waals surface area contributed by atoms with Gasteiger partial charge in [-0.1, -0.05) is 11.8 Å². The minimum absolute atomic E-state index is 0.0903. The lowest BCUT2D eigenvalue weighted by Gasteiger charge is -2.44. The fraction of sp³-hybridized carbons (Fsp3) is 0.421. The van der Waals surface area contributed by atoms with Crippen molar-refractivity contribution in [2.24, 2.45) is 5.92 Å². The summed E-state index contributed by atoms with van der Waals surface area (Å²) in [7, 11) is -5.45. The second-order valence-corrected chi connectivity index (χ2v) is 11.6. The number of alkyl halides is 3. The molecule has 3 aliphatic rings. The van der Waals surface area contributed by atoms with Crippen molar-refractivity contribution in [3.8, 4) is 0 Å². The SMILES string of the molecule is O=C(N[C@H]1CN2CCC1CC2)c1ccc(Sc2ccc(NS(=O)(=O)C(F)(F)F)cc2)s1. The molecule has 0 aliphatic carbocycles. The lowest BCUT2D eigenvalue weighted by molar-refractivity contribution is -0.0429. The van der Waals surface area contributed by atoms with Crippen LogP contribution >= 0.6 is 23.1 Å². The quantitative estimate of drug-likeness (QED) is 0.639. The van der Waals surface area contributed by atoms with Crippen molar-refractivity contribution >= 4 is 44.7 Å². The zero-order valence-corrected chi connectivity index (χ0v) is 18.6. The van der Waals surface area contributed by atoms with Crippen molar-refractivity contribution in [2.75, 3.05) is 24.4 Å². The highest BCUT2D eigenvalue weighted by atomic mass is 32.2. The molecule has 12 heteroatoms. The maximum absolute atomic E-state index is 12.6. The van der Waals surface area contributed by atoms with Gasteiger partial charge in [-0.2, -0.15) is 21.6 Å². The van der Waals surface area contributed by atoms with Crippen LogP contribution in [0.15, 0.2) is 45.5 Å². The second kappa shape index (κ2) is 8.64. The van der Waals surface area contributed by atoms with Gasteiger partial charge < -0.3 is 10.2 Å². The third kappa shape index (κ3) is 5.18. The Kier molecular flexibility index (Phi) is 6.25. The monoisotopic (exact) mass is 491 g/mol. The number of halogens is 3. The van der Waals surface area contributed by atoms with Crippen LogP contribution in [0.1, 0.15) is 22.5 Å². The van der Waals surface area contributed by atoms with Crippen LogP contribution in [0.5, 0.6) is 0 Å². The van der Waals surface area contributed by atoms with Gasteiger partial charge in [-0.15, -0.1) is 11.3 Å². The molecule has 3 aliphatic heterocycles. The first-order chi connectivity index (χ1) is 14.6. The fourth-order valence-corrected chi connectivity index (χ4v) is 6.35. The summed E-state index contributed by atoms with van der Waals surface area (Å²) >= 11 is 2.69. The molecule has 0 spiro atoms. The number of nitrogens with one attached hydrogen (secondary N) is 2. The van der Waals surface area contributed by atoms with Crippen LogP contribution in [0.3, 0.4) is 0 Å². The van der Waals surface area contributed by atoms with Gasteiger partial charge in [-0.05, 0) is 68.2 Å². The van der Waals surface area contributed by atoms with E-state index in [0.29, 0.717) is 15.7 Å². The normalized spacial score (nSPS) is 23.5. The van der Waals surface area contributed by atoms with E-state index in [4.69, 9.17) is 0 Å². The van der Waals surface area contributed by atoms with E-state index in [1.54, 1.807) is 6.07 Å². The Bertz CT molecular complexity index is 1050. The van der Waals surface area contributed by atoms with E-state index < -0.39 is 15.5 Å². The van der Waals surface area contributed by atoms with E-state index >= 15 is 0 Å². The molecule has 1 atom stereocenters. The molecule has 31 heavy (non-hydrogen) atoms. The molecular weight excluding hydrogens is 471 g/mol. The Morgan fingerprint density at radius 1 is 1.10 bits per heavy atom. The number of nitrogens with zero attached hydrogens (tertiary/aromatic N) is 1. The topological polar surface area (TPSA) is 78.5 Å². The molecule has 0 saturated carbocycles. The van der Waals surface area contributed by atoms with Crippen LogP contribution in [0.2, 0.25) is 0 Å². The highest BCUT2D eigenvalue weighted by Gasteiger charge is 2.46. The van der Waals surface area contributed by atoms with E-state index in [2.05, 4.69) is 10.2 Å². The summed E-state index contributed by atoms with van der Waals surface area (Å²) in [5, 5.41) is 3.15. The van der Waals surface area contributed by atoms with Gasteiger partial charge in [0.05, 0.1) is 9.09 Å². The molecule has 1 aromatic heterocycles. The van der Waals surface area contributed by atoms with Crippen molar-refractivity contribution < 1.29 is 26.4 Å². The Labute approximate surface area is 186 Å². The van der Waals surface area contributed by atoms with E-state index in [9.17, 15) is 26.4 Å². The lowest BCUT2D eigenvalue weighted by atomic mass is 9.84. The first-order valence-corrected chi connectivity index (χ1v) is 12.7. The van der Waals surface area contributed by atoms with Crippen molar-refractivity contribution in [1.82, 2.24) is 10.2 Å². The number of fused-ring (bicyclic) bond motifs is 3. The number of amides is 1. The first-order valence-electron chi connectivity index (χ1n) is 9.61. The predicted octanol–water partition coefficient (Wildman–Crippen LogP) is 3.98. The van der Waals surface area contributed by atoms with Crippen molar-refractivity contribution in [1.29, 1.82) is 0 Å². The van der Waals surface area contributed by atoms with E-state index in [1.807, 2.05) is 6.07 Å². The average Bonchev–Trinajstić information content (AvgIpc) is 3.18. The second-order valence-electron chi connectivity index (χ2n) is 7.51. The Morgan fingerprint density at radius 3 is 2.35 bits per heavy atom. The molecule has 4 heterocycles. The van der Waals surface area contributed by atoms with Gasteiger partial charge >= 0.3 is 15.5 Å². The van der Waals surface area contributed by atoms with Crippen LogP contribution in [-0.2, 0) is 10.0 Å². The molecule has 2 bridgehead atoms. The van der Waals surface area contributed by atoms with Crippen molar-refractivity contribution in [3.63, 3.8) is 0 Å². The van der Waals surface area contributed by atoms with E-state index in [-0.39, 0.29) is 17.6 Å². The molecule has 0 unspecified atom stereocenters. The van der Waals surface area contributed by atoms with Crippen molar-refractivity contribution in [2.45, 2.75) is 33.5 Å². The number of carbonyl (C=O) groups is 1. The van der Waals surface area contributed by atoms with Gasteiger partial charge in [0.25, 0.3) is 5.91 Å². The predicted molar refractivity (Wildman–Crippen MR) is 114 cm³/mol. The number of piperidine rings is 3. The molecule has 2 aromatic rings. The smallest absolute Gasteiger partial charge is 0.347 e. The van der Waals surface area contributed by atoms with E-state index in [1.165, 1.54) is 52.1 Å². The molecule has 1 aromatic carbocycles. The molecule has 1 amide bonds. The zero-order chi connectivity index (χ0) is 22.2. The standard InChI is InChI=1S/C19H20F3N3O3S3/c20-19(21,22)31(27,28)24-13-1-3-14(4-2-13)29-17-6-5-16(30-17)18(26)23-15-11-25-9-7-12(15)8-10-25/h1-6,12,15,24H,7-11H2,(H,23,26)/t15-/m0/s1. The summed E-state index contributed by atoms with van der Waals surface area (Å²) in [4.78, 5) is 16.3. The number of benzene rings is 1. The average molecular weight is 492 g/mol. The lowest BCUT2D eigenvalue weighted by Crippen LogP contribution is -2.57. The summed E-state index contributed by atoms with van der Waals surface area (Å²) in [6, 6.07) is 9.33. The molecule has 2 N–H and O–H groups in total. The van der Waals surface area contributed by atoms with Crippen LogP contribution in [-0.4, -0.2) is 50.4 Å². The fourth-order valence-electron chi connectivity index (χ4n) is 3.79. The summed E-state index contributed by atoms with van der Waals surface area (Å²) in [6.45, 7) is 3.11. The van der Waals surface area contributed by atoms with Gasteiger partial charge in [0.1, 0.15) is 0 Å². The number of thiophene rings is 1. The summed E-state index contributed by atoms with van der Waals surface area (Å²) in [6.07, 6.45) is 2.23. The zero-order valence-electron chi connectivity index (χ0n) is 16.2. The van der Waals surface area contributed by atoms with Crippen LogP contribution in [0, 0.1) is 5.92 Å². The van der Waals surface area contributed by atoms with Crippen LogP contribution in [0.25, 0.3) is 0 Å². The number of anilines is 1. The number of sulfonamides is 1. The van der Waals surface area contributed by atoms with Crippen LogP contribution < -0.4 is 10.0 Å². The van der Waals surface area contributed by atoms with Crippen LogP contribution in [0.4, 0.5) is 18.9 Å². The molecule has 0 radical (unpaired) electrons. The minimum atomic E-state index is -5.45. The highest BCUT2D eigenvalue weighted by molar-refractivity contribution is 8.01. The molecule has 3 saturated heterocycles. The number of hydrogen-bond donors (Lipinski definition) is 2. The maximum atomic E-state index is 12.6. The number of hydrogen-bond acceptors (Lipinski definition) is 6. The van der Waals surface area contributed by atoms with Gasteiger partial charge in [0, 0.05) is 23.2 Å². The van der Waals surface area contributed by atoms with Gasteiger partial charge in [0.2, 0.25) is 0 Å². The first kappa shape index (κ1) is 22.4. The Balaban J connectivity index is 1.35. The largest absolute Gasteiger partial charge is 0.516 e. The van der Waals surface area contributed by atoms with Gasteiger partial charge in [-0.3, -0.25) is 9.52 Å². The number of rotatable bonds is 6. The Hall–Kier alpha value is -1.76. The summed E-state index contributed by atoms with van der Waals surface area (Å²) in [5.41, 5.74) is -5.55. The molecule has 5 rings (SSSR count). The molecule has 6 nitrogen and oxygen atoms in total. The Morgan fingerprint density at radius 2 is 1.77 bits per heavy atom. The number of carbonyl (C=O) groups excluding carboxylic acids is 1. The minimum Gasteiger partial charge on any atom is -0.347 e. The maximum Gasteiger partial charge on any atom is 0.516 e. The highest BCUT2D eigenvalue weighted by Crippen LogP contribution is 2.35. The van der Waals surface area contributed by atoms with E-state index in [0.717, 1.165) is 36.7 Å². The third-order valence-corrected chi connectivity index (χ3v) is 8.75. The third-order valence-electron chi connectivity index (χ3n) is 5.41. The van der Waals surface area contributed by atoms with Crippen molar-refractivity contribution in [3.05, 3.63) is 41.3 Å². The van der Waals surface area contributed by atoms with Gasteiger partial charge in [-0.25, -0.2) is 0 Å².